The van der Waals surface area contributed by atoms with E-state index in [0.717, 1.165) is 22.9 Å². The molecule has 154 valence electrons. The fourth-order valence-corrected chi connectivity index (χ4v) is 3.86. The average molecular weight is 505 g/mol. The molecule has 2 aromatic carbocycles. The quantitative estimate of drug-likeness (QED) is 0.360. The van der Waals surface area contributed by atoms with Gasteiger partial charge in [-0.2, -0.15) is 18.3 Å². The van der Waals surface area contributed by atoms with Crippen LogP contribution in [0.5, 0.6) is 0 Å². The Morgan fingerprint density at radius 1 is 0.931 bits per heavy atom. The fraction of sp³-hybridized carbons (Fsp3) is 0.0625. The number of primary sulfonamides is 1. The minimum Gasteiger partial charge on any atom is -0.232 e. The molecule has 0 spiro atoms. The standard InChI is InChI=1S/C16H8Cl4F3N3O2S/c17-10-5-9(13(18)15(20)14(10)19)11-6-12(16(21,22)23)25-26(11)7-1-3-8(4-2-7)29(24,27)28/h1-6H,(H2,24,27,28). The molecule has 0 amide bonds. The summed E-state index contributed by atoms with van der Waals surface area (Å²) in [5.74, 6) is 0. The lowest BCUT2D eigenvalue weighted by atomic mass is 10.1. The minimum atomic E-state index is -4.76. The van der Waals surface area contributed by atoms with Gasteiger partial charge in [-0.3, -0.25) is 0 Å². The van der Waals surface area contributed by atoms with Crippen molar-refractivity contribution >= 4 is 56.4 Å². The first-order chi connectivity index (χ1) is 13.3. The molecule has 0 saturated carbocycles. The molecule has 3 rings (SSSR count). The van der Waals surface area contributed by atoms with Gasteiger partial charge in [0.05, 0.1) is 36.4 Å². The van der Waals surface area contributed by atoms with Gasteiger partial charge in [-0.15, -0.1) is 0 Å². The zero-order valence-electron chi connectivity index (χ0n) is 13.8. The maximum Gasteiger partial charge on any atom is 0.435 e. The first-order valence-corrected chi connectivity index (χ1v) is 10.5. The number of nitrogens with zero attached hydrogens (tertiary/aromatic N) is 2. The van der Waals surface area contributed by atoms with Gasteiger partial charge >= 0.3 is 6.18 Å². The zero-order valence-corrected chi connectivity index (χ0v) is 17.6. The predicted molar refractivity (Wildman–Crippen MR) is 105 cm³/mol. The van der Waals surface area contributed by atoms with Crippen molar-refractivity contribution in [3.63, 3.8) is 0 Å². The van der Waals surface area contributed by atoms with E-state index >= 15 is 0 Å². The lowest BCUT2D eigenvalue weighted by Crippen LogP contribution is -2.12. The number of alkyl halides is 3. The monoisotopic (exact) mass is 503 g/mol. The summed E-state index contributed by atoms with van der Waals surface area (Å²) < 4.78 is 63.6. The number of rotatable bonds is 3. The maximum atomic E-state index is 13.3. The van der Waals surface area contributed by atoms with E-state index in [4.69, 9.17) is 51.5 Å². The highest BCUT2D eigenvalue weighted by Gasteiger charge is 2.36. The van der Waals surface area contributed by atoms with Gasteiger partial charge in [0.2, 0.25) is 10.0 Å². The van der Waals surface area contributed by atoms with Gasteiger partial charge in [-0.25, -0.2) is 18.2 Å². The molecule has 2 N–H and O–H groups in total. The number of benzene rings is 2. The minimum absolute atomic E-state index is 0.0260. The highest BCUT2D eigenvalue weighted by Crippen LogP contribution is 2.44. The second kappa shape index (κ2) is 7.64. The molecule has 1 heterocycles. The predicted octanol–water partition coefficient (Wildman–Crippen LogP) is 5.82. The van der Waals surface area contributed by atoms with Gasteiger partial charge in [0.1, 0.15) is 0 Å². The number of nitrogens with two attached hydrogens (primary N) is 1. The van der Waals surface area contributed by atoms with E-state index in [1.807, 2.05) is 0 Å². The molecule has 0 atom stereocenters. The summed E-state index contributed by atoms with van der Waals surface area (Å²) in [4.78, 5) is -0.221. The van der Waals surface area contributed by atoms with E-state index in [2.05, 4.69) is 5.10 Å². The summed E-state index contributed by atoms with van der Waals surface area (Å²) in [6, 6.07) is 6.76. The van der Waals surface area contributed by atoms with Crippen LogP contribution in [0.4, 0.5) is 13.2 Å². The third-order valence-corrected chi connectivity index (χ3v) is 6.47. The topological polar surface area (TPSA) is 78.0 Å². The normalized spacial score (nSPS) is 12.4. The Labute approximate surface area is 182 Å². The van der Waals surface area contributed by atoms with Crippen LogP contribution >= 0.6 is 46.4 Å². The van der Waals surface area contributed by atoms with E-state index in [1.54, 1.807) is 0 Å². The van der Waals surface area contributed by atoms with Crippen molar-refractivity contribution in [2.24, 2.45) is 5.14 Å². The van der Waals surface area contributed by atoms with E-state index in [9.17, 15) is 21.6 Å². The molecule has 0 radical (unpaired) electrons. The van der Waals surface area contributed by atoms with Crippen LogP contribution in [0.2, 0.25) is 20.1 Å². The fourth-order valence-electron chi connectivity index (χ4n) is 2.44. The molecule has 0 aliphatic rings. The molecule has 5 nitrogen and oxygen atoms in total. The molecule has 0 aliphatic heterocycles. The number of sulfonamides is 1. The van der Waals surface area contributed by atoms with Crippen LogP contribution in [0.1, 0.15) is 5.69 Å². The van der Waals surface area contributed by atoms with Crippen molar-refractivity contribution in [2.75, 3.05) is 0 Å². The van der Waals surface area contributed by atoms with Crippen LogP contribution in [0, 0.1) is 0 Å². The second-order valence-electron chi connectivity index (χ2n) is 5.71. The van der Waals surface area contributed by atoms with Gasteiger partial charge < -0.3 is 0 Å². The molecular weight excluding hydrogens is 497 g/mol. The molecule has 3 aromatic rings. The Balaban J connectivity index is 2.28. The molecule has 1 aromatic heterocycles. The number of halogens is 7. The smallest absolute Gasteiger partial charge is 0.232 e. The zero-order chi connectivity index (χ0) is 21.7. The molecular formula is C16H8Cl4F3N3O2S. The Hall–Kier alpha value is -1.49. The van der Waals surface area contributed by atoms with E-state index in [0.29, 0.717) is 0 Å². The van der Waals surface area contributed by atoms with Gasteiger partial charge in [0, 0.05) is 5.56 Å². The highest BCUT2D eigenvalue weighted by atomic mass is 35.5. The summed E-state index contributed by atoms with van der Waals surface area (Å²) in [6.45, 7) is 0. The van der Waals surface area contributed by atoms with Crippen LogP contribution in [-0.4, -0.2) is 18.2 Å². The summed E-state index contributed by atoms with van der Waals surface area (Å²) >= 11 is 24.1. The first-order valence-electron chi connectivity index (χ1n) is 7.44. The summed E-state index contributed by atoms with van der Waals surface area (Å²) in [5, 5.41) is 8.27. The summed E-state index contributed by atoms with van der Waals surface area (Å²) in [7, 11) is -3.99. The van der Waals surface area contributed by atoms with Crippen molar-refractivity contribution in [3.05, 3.63) is 62.2 Å². The Kier molecular flexibility index (Phi) is 5.85. The van der Waals surface area contributed by atoms with Crippen LogP contribution in [0.3, 0.4) is 0 Å². The number of hydrogen-bond acceptors (Lipinski definition) is 3. The average Bonchev–Trinajstić information content (AvgIpc) is 3.08. The van der Waals surface area contributed by atoms with Gasteiger partial charge in [0.25, 0.3) is 0 Å². The summed E-state index contributed by atoms with van der Waals surface area (Å²) in [6.07, 6.45) is -4.76. The molecule has 0 fully saturated rings. The first kappa shape index (κ1) is 22.2. The molecule has 0 unspecified atom stereocenters. The third-order valence-electron chi connectivity index (χ3n) is 3.79. The van der Waals surface area contributed by atoms with Gasteiger partial charge in [-0.05, 0) is 36.4 Å². The lowest BCUT2D eigenvalue weighted by Gasteiger charge is -2.12. The molecule has 13 heteroatoms. The number of aromatic nitrogens is 2. The molecule has 0 bridgehead atoms. The van der Waals surface area contributed by atoms with Crippen LogP contribution < -0.4 is 5.14 Å². The Morgan fingerprint density at radius 3 is 2.03 bits per heavy atom. The van der Waals surface area contributed by atoms with Crippen molar-refractivity contribution in [1.29, 1.82) is 0 Å². The van der Waals surface area contributed by atoms with Crippen molar-refractivity contribution in [2.45, 2.75) is 11.1 Å². The third kappa shape index (κ3) is 4.35. The van der Waals surface area contributed by atoms with Crippen molar-refractivity contribution < 1.29 is 21.6 Å². The largest absolute Gasteiger partial charge is 0.435 e. The maximum absolute atomic E-state index is 13.3. The van der Waals surface area contributed by atoms with E-state index in [1.165, 1.54) is 18.2 Å². The Bertz CT molecular complexity index is 1210. The van der Waals surface area contributed by atoms with Crippen LogP contribution in [-0.2, 0) is 16.2 Å². The number of hydrogen-bond donors (Lipinski definition) is 1. The molecule has 0 saturated heterocycles. The molecule has 29 heavy (non-hydrogen) atoms. The van der Waals surface area contributed by atoms with E-state index < -0.39 is 21.9 Å². The molecule has 0 aliphatic carbocycles. The van der Waals surface area contributed by atoms with Crippen LogP contribution in [0.25, 0.3) is 16.9 Å². The van der Waals surface area contributed by atoms with Crippen molar-refractivity contribution in [1.82, 2.24) is 9.78 Å². The van der Waals surface area contributed by atoms with Gasteiger partial charge in [-0.1, -0.05) is 46.4 Å². The van der Waals surface area contributed by atoms with Gasteiger partial charge in [0.15, 0.2) is 5.69 Å². The second-order valence-corrected chi connectivity index (χ2v) is 8.81. The van der Waals surface area contributed by atoms with Crippen LogP contribution in [0.15, 0.2) is 41.3 Å². The lowest BCUT2D eigenvalue weighted by molar-refractivity contribution is -0.141. The Morgan fingerprint density at radius 2 is 1.52 bits per heavy atom. The summed E-state index contributed by atoms with van der Waals surface area (Å²) in [5.41, 5.74) is -1.14. The van der Waals surface area contributed by atoms with Crippen molar-refractivity contribution in [3.8, 4) is 16.9 Å². The van der Waals surface area contributed by atoms with E-state index in [-0.39, 0.29) is 41.9 Å². The SMILES string of the molecule is NS(=O)(=O)c1ccc(-n2nc(C(F)(F)F)cc2-c2cc(Cl)c(Cl)c(Cl)c2Cl)cc1. The highest BCUT2D eigenvalue weighted by molar-refractivity contribution is 7.89.